The van der Waals surface area contributed by atoms with Crippen LogP contribution in [0.5, 0.6) is 0 Å². The first-order valence-electron chi connectivity index (χ1n) is 5.86. The minimum atomic E-state index is 0. The number of hydrogen-bond donors (Lipinski definition) is 0. The van der Waals surface area contributed by atoms with E-state index in [1.807, 2.05) is 55.5 Å². The maximum absolute atomic E-state index is 7.50. The van der Waals surface area contributed by atoms with Crippen molar-refractivity contribution in [3.05, 3.63) is 91.8 Å². The molecule has 0 spiro atoms. The maximum atomic E-state index is 7.50. The van der Waals surface area contributed by atoms with E-state index in [-0.39, 0.29) is 17.1 Å². The predicted octanol–water partition coefficient (Wildman–Crippen LogP) is 4.13. The number of rotatable bonds is 2. The number of aliphatic imine (C=N–C) groups is 1. The van der Waals surface area contributed by atoms with Crippen molar-refractivity contribution >= 4 is 23.0 Å². The van der Waals surface area contributed by atoms with E-state index in [9.17, 15) is 0 Å². The molecule has 0 amide bonds. The van der Waals surface area contributed by atoms with E-state index in [0.717, 1.165) is 17.0 Å². The molecule has 5 nitrogen and oxygen atoms in total. The number of hydrogen-bond acceptors (Lipinski definition) is 1. The minimum Gasteiger partial charge on any atom is 0 e. The van der Waals surface area contributed by atoms with Crippen molar-refractivity contribution in [2.75, 3.05) is 0 Å². The normalized spacial score (nSPS) is 7.68. The van der Waals surface area contributed by atoms with Crippen molar-refractivity contribution in [2.24, 2.45) is 4.99 Å². The van der Waals surface area contributed by atoms with E-state index >= 15 is 0 Å². The second-order valence-electron chi connectivity index (χ2n) is 3.43. The van der Waals surface area contributed by atoms with Gasteiger partial charge >= 0.3 is 45.2 Å². The Kier molecular flexibility index (Phi) is 29.7. The quantitative estimate of drug-likeness (QED) is 0.316. The van der Waals surface area contributed by atoms with E-state index in [2.05, 4.69) is 37.7 Å². The molecule has 0 saturated heterocycles. The van der Waals surface area contributed by atoms with Crippen molar-refractivity contribution in [3.63, 3.8) is 0 Å². The van der Waals surface area contributed by atoms with Crippen LogP contribution in [0.4, 0.5) is 5.69 Å². The molecule has 2 rings (SSSR count). The van der Waals surface area contributed by atoms with Crippen LogP contribution < -0.4 is 0 Å². The smallest absolute Gasteiger partial charge is 0 e. The molecule has 0 aliphatic rings. The topological polar surface area (TPSA) is 92.0 Å². The van der Waals surface area contributed by atoms with Crippen LogP contribution in [0.2, 0.25) is 5.02 Å². The summed E-state index contributed by atoms with van der Waals surface area (Å²) in [6.45, 7) is 19.9. The average Bonchev–Trinajstić information content (AvgIpc) is 2.69. The third-order valence-electron chi connectivity index (χ3n) is 2.22. The van der Waals surface area contributed by atoms with Crippen molar-refractivity contribution in [3.8, 4) is 0 Å². The van der Waals surface area contributed by atoms with Gasteiger partial charge in [-0.3, -0.25) is 0 Å². The predicted molar refractivity (Wildman–Crippen MR) is 84.3 cm³/mol. The van der Waals surface area contributed by atoms with Gasteiger partial charge in [-0.05, 0) is 22.9 Å². The summed E-state index contributed by atoms with van der Waals surface area (Å²) < 4.78 is 30.0. The Hall–Kier alpha value is -2.12. The average molecular weight is 396 g/mol. The van der Waals surface area contributed by atoms with Gasteiger partial charge in [0.1, 0.15) is 0 Å². The van der Waals surface area contributed by atoms with Crippen molar-refractivity contribution < 1.29 is 35.7 Å². The zero-order chi connectivity index (χ0) is 19.4. The van der Waals surface area contributed by atoms with Gasteiger partial charge in [-0.15, -0.1) is 41.4 Å². The third kappa shape index (κ3) is 14.0. The molecule has 0 N–H and O–H groups in total. The number of nitrogens with zero attached hydrogens (tertiary/aromatic N) is 1. The van der Waals surface area contributed by atoms with Gasteiger partial charge < -0.3 is 4.99 Å². The summed E-state index contributed by atoms with van der Waals surface area (Å²) >= 11 is 6.07. The molecule has 1 radical (unpaired) electrons. The minimum absolute atomic E-state index is 0. The summed E-state index contributed by atoms with van der Waals surface area (Å²) in [5.74, 6) is 0. The molecular weight excluding hydrogens is 385 g/mol. The van der Waals surface area contributed by atoms with E-state index in [1.165, 1.54) is 0 Å². The summed E-state index contributed by atoms with van der Waals surface area (Å²) in [4.78, 5) is 4.49. The Bertz CT molecular complexity index is 655. The first kappa shape index (κ1) is 30.7. The van der Waals surface area contributed by atoms with Crippen LogP contribution in [0.3, 0.4) is 0 Å². The molecule has 25 heavy (non-hydrogen) atoms. The van der Waals surface area contributed by atoms with E-state index in [1.54, 1.807) is 0 Å². The molecule has 0 aliphatic heterocycles. The van der Waals surface area contributed by atoms with Crippen LogP contribution in [0, 0.1) is 32.7 Å². The summed E-state index contributed by atoms with van der Waals surface area (Å²) in [6, 6.07) is 18.4. The monoisotopic (exact) mass is 395 g/mol. The summed E-state index contributed by atoms with van der Waals surface area (Å²) in [7, 11) is 0. The van der Waals surface area contributed by atoms with Gasteiger partial charge in [-0.25, -0.2) is 0 Å². The first-order valence-corrected chi connectivity index (χ1v) is 6.24. The van der Waals surface area contributed by atoms with Crippen LogP contribution in [-0.2, 0) is 35.7 Å². The molecule has 0 aromatic heterocycles. The second kappa shape index (κ2) is 24.1. The Morgan fingerprint density at radius 1 is 0.880 bits per heavy atom. The van der Waals surface area contributed by atoms with Gasteiger partial charge in [-0.2, -0.15) is 0 Å². The fraction of sp³-hybridized carbons (Fsp3) is 0.0556. The van der Waals surface area contributed by atoms with Crippen molar-refractivity contribution in [2.45, 2.75) is 6.92 Å². The molecule has 0 bridgehead atoms. The Morgan fingerprint density at radius 2 is 1.36 bits per heavy atom. The summed E-state index contributed by atoms with van der Waals surface area (Å²) in [5.41, 5.74) is 2.65. The van der Waals surface area contributed by atoms with Crippen molar-refractivity contribution in [1.82, 2.24) is 0 Å². The van der Waals surface area contributed by atoms with Gasteiger partial charge in [0.2, 0.25) is 0 Å². The zero-order valence-corrected chi connectivity index (χ0v) is 14.9. The van der Waals surface area contributed by atoms with E-state index < -0.39 is 0 Å². The van der Waals surface area contributed by atoms with Crippen LogP contribution >= 0.6 is 11.6 Å². The van der Waals surface area contributed by atoms with Crippen molar-refractivity contribution in [1.29, 1.82) is 0 Å². The SMILES string of the molecule is CC(=Nc1ccccc1)c1[c-]cccc1Cl.[C-]#[O+].[C-]#[O+].[C-]#[O+].[C-]#[O+].[Mn]. The molecule has 0 fully saturated rings. The summed E-state index contributed by atoms with van der Waals surface area (Å²) in [6.07, 6.45) is 0. The standard InChI is InChI=1S/C14H11ClN.4CO.Mn/c1-11(13-9-5-6-10-14(13)15)16-12-7-3-2-4-8-12;4*1-2;/h2-8,10H,1H3;;;;;/q-1;;;;;. The second-order valence-corrected chi connectivity index (χ2v) is 3.83. The largest absolute Gasteiger partial charge is 0 e. The molecule has 0 atom stereocenters. The molecule has 2 aromatic rings. The molecule has 0 heterocycles. The Balaban J connectivity index is -0.000000217. The van der Waals surface area contributed by atoms with E-state index in [0.29, 0.717) is 5.02 Å². The Labute approximate surface area is 162 Å². The molecule has 127 valence electrons. The van der Waals surface area contributed by atoms with Crippen LogP contribution in [0.15, 0.2) is 53.5 Å². The van der Waals surface area contributed by atoms with Crippen LogP contribution in [-0.4, -0.2) is 5.71 Å². The number of benzene rings is 2. The molecule has 7 heteroatoms. The molecule has 2 aromatic carbocycles. The molecule has 0 saturated carbocycles. The fourth-order valence-corrected chi connectivity index (χ4v) is 1.71. The van der Waals surface area contributed by atoms with Gasteiger partial charge in [0, 0.05) is 17.1 Å². The Morgan fingerprint density at radius 3 is 1.80 bits per heavy atom. The van der Waals surface area contributed by atoms with Crippen LogP contribution in [0.25, 0.3) is 0 Å². The van der Waals surface area contributed by atoms with Crippen LogP contribution in [0.1, 0.15) is 12.5 Å². The van der Waals surface area contributed by atoms with Gasteiger partial charge in [0.25, 0.3) is 0 Å². The number of para-hydroxylation sites is 1. The molecular formula is C18H11ClMnNO4-. The number of halogens is 1. The van der Waals surface area contributed by atoms with Gasteiger partial charge in [0.05, 0.1) is 5.69 Å². The third-order valence-corrected chi connectivity index (χ3v) is 2.54. The molecule has 0 aliphatic carbocycles. The fourth-order valence-electron chi connectivity index (χ4n) is 1.45. The summed E-state index contributed by atoms with van der Waals surface area (Å²) in [5, 5.41) is 0.680. The van der Waals surface area contributed by atoms with Gasteiger partial charge in [-0.1, -0.05) is 25.1 Å². The van der Waals surface area contributed by atoms with Gasteiger partial charge in [0.15, 0.2) is 0 Å². The molecule has 0 unspecified atom stereocenters. The maximum Gasteiger partial charge on any atom is 0 e. The van der Waals surface area contributed by atoms with E-state index in [4.69, 9.17) is 30.2 Å². The first-order chi connectivity index (χ1) is 11.8. The zero-order valence-electron chi connectivity index (χ0n) is 13.0.